The predicted molar refractivity (Wildman–Crippen MR) is 55.6 cm³/mol. The Morgan fingerprint density at radius 2 is 1.88 bits per heavy atom. The fraction of sp³-hybridized carbons (Fsp3) is 0.111. The monoisotopic (exact) mass is 239 g/mol. The van der Waals surface area contributed by atoms with E-state index in [-0.39, 0.29) is 10.9 Å². The van der Waals surface area contributed by atoms with Crippen LogP contribution in [-0.4, -0.2) is 29.7 Å². The van der Waals surface area contributed by atoms with Gasteiger partial charge < -0.3 is 4.74 Å². The molecule has 0 saturated carbocycles. The van der Waals surface area contributed by atoms with Crippen LogP contribution in [0.5, 0.6) is 5.88 Å². The van der Waals surface area contributed by atoms with Crippen LogP contribution in [0, 0.1) is 0 Å². The van der Waals surface area contributed by atoms with Gasteiger partial charge in [-0.05, 0) is 18.2 Å². The highest BCUT2D eigenvalue weighted by atomic mass is 32.2. The Morgan fingerprint density at radius 1 is 1.19 bits per heavy atom. The molecule has 0 aliphatic heterocycles. The van der Waals surface area contributed by atoms with Crippen LogP contribution in [-0.2, 0) is 10.0 Å². The van der Waals surface area contributed by atoms with Gasteiger partial charge in [-0.3, -0.25) is 0 Å². The van der Waals surface area contributed by atoms with Gasteiger partial charge in [0.1, 0.15) is 0 Å². The van der Waals surface area contributed by atoms with Gasteiger partial charge in [0.05, 0.1) is 7.11 Å². The van der Waals surface area contributed by atoms with Crippen LogP contribution < -0.4 is 4.74 Å². The van der Waals surface area contributed by atoms with E-state index in [9.17, 15) is 8.42 Å². The Kier molecular flexibility index (Phi) is 2.61. The third-order valence-corrected chi connectivity index (χ3v) is 3.49. The lowest BCUT2D eigenvalue weighted by molar-refractivity contribution is 0.389. The van der Waals surface area contributed by atoms with Crippen LogP contribution in [0.3, 0.4) is 0 Å². The summed E-state index contributed by atoms with van der Waals surface area (Å²) in [6.45, 7) is 0. The minimum atomic E-state index is -3.63. The zero-order valence-corrected chi connectivity index (χ0v) is 9.26. The highest BCUT2D eigenvalue weighted by molar-refractivity contribution is 7.89. The van der Waals surface area contributed by atoms with Crippen molar-refractivity contribution in [1.82, 2.24) is 14.2 Å². The van der Waals surface area contributed by atoms with Crippen molar-refractivity contribution < 1.29 is 13.2 Å². The molecule has 0 saturated heterocycles. The summed E-state index contributed by atoms with van der Waals surface area (Å²) in [5, 5.41) is 7.08. The first kappa shape index (κ1) is 10.6. The second-order valence-electron chi connectivity index (χ2n) is 2.93. The molecule has 0 atom stereocenters. The van der Waals surface area contributed by atoms with E-state index in [1.807, 2.05) is 0 Å². The number of hydrogen-bond donors (Lipinski definition) is 0. The summed E-state index contributed by atoms with van der Waals surface area (Å²) < 4.78 is 29.7. The zero-order chi connectivity index (χ0) is 11.6. The van der Waals surface area contributed by atoms with Gasteiger partial charge in [-0.2, -0.15) is 8.42 Å². The van der Waals surface area contributed by atoms with Gasteiger partial charge in [-0.1, -0.05) is 0 Å². The molecule has 0 aromatic carbocycles. The maximum absolute atomic E-state index is 11.9. The van der Waals surface area contributed by atoms with Crippen LogP contribution in [0.4, 0.5) is 0 Å². The minimum absolute atomic E-state index is 0.121. The molecule has 0 unspecified atom stereocenters. The molecule has 2 heterocycles. The van der Waals surface area contributed by atoms with Gasteiger partial charge >= 0.3 is 0 Å². The highest BCUT2D eigenvalue weighted by Crippen LogP contribution is 2.12. The van der Waals surface area contributed by atoms with E-state index in [0.29, 0.717) is 0 Å². The number of nitrogens with zero attached hydrogens (tertiary/aromatic N) is 3. The topological polar surface area (TPSA) is 74.1 Å². The second kappa shape index (κ2) is 3.93. The molecular formula is C9H9N3O3S. The fourth-order valence-electron chi connectivity index (χ4n) is 1.14. The molecule has 0 bridgehead atoms. The summed E-state index contributed by atoms with van der Waals surface area (Å²) in [7, 11) is -2.20. The average Bonchev–Trinajstić information content (AvgIpc) is 2.83. The van der Waals surface area contributed by atoms with Gasteiger partial charge in [0.2, 0.25) is 5.88 Å². The third-order valence-electron chi connectivity index (χ3n) is 1.94. The van der Waals surface area contributed by atoms with E-state index < -0.39 is 10.0 Å². The van der Waals surface area contributed by atoms with Gasteiger partial charge in [-0.25, -0.2) is 3.97 Å². The molecule has 2 aromatic heterocycles. The molecule has 0 fully saturated rings. The Morgan fingerprint density at radius 3 is 2.38 bits per heavy atom. The van der Waals surface area contributed by atoms with Crippen molar-refractivity contribution in [3.63, 3.8) is 0 Å². The summed E-state index contributed by atoms with van der Waals surface area (Å²) in [5.74, 6) is 0.270. The molecule has 0 spiro atoms. The van der Waals surface area contributed by atoms with Crippen molar-refractivity contribution >= 4 is 10.0 Å². The van der Waals surface area contributed by atoms with Crippen LogP contribution in [0.1, 0.15) is 0 Å². The zero-order valence-electron chi connectivity index (χ0n) is 8.44. The maximum atomic E-state index is 11.9. The SMILES string of the molecule is COc1ccc(S(=O)(=O)n2cccc2)nn1. The molecule has 0 amide bonds. The quantitative estimate of drug-likeness (QED) is 0.780. The van der Waals surface area contributed by atoms with E-state index in [4.69, 9.17) is 4.74 Å². The van der Waals surface area contributed by atoms with Gasteiger partial charge in [0.15, 0.2) is 5.03 Å². The van der Waals surface area contributed by atoms with Gasteiger partial charge in [-0.15, -0.1) is 10.2 Å². The molecule has 0 aliphatic carbocycles. The van der Waals surface area contributed by atoms with Crippen LogP contribution in [0.2, 0.25) is 0 Å². The maximum Gasteiger partial charge on any atom is 0.286 e. The van der Waals surface area contributed by atoms with Gasteiger partial charge in [0, 0.05) is 18.5 Å². The average molecular weight is 239 g/mol. The predicted octanol–water partition coefficient (Wildman–Crippen LogP) is 0.524. The second-order valence-corrected chi connectivity index (χ2v) is 4.72. The first-order valence-electron chi connectivity index (χ1n) is 4.41. The van der Waals surface area contributed by atoms with Crippen molar-refractivity contribution in [3.05, 3.63) is 36.7 Å². The minimum Gasteiger partial charge on any atom is -0.480 e. The lowest BCUT2D eigenvalue weighted by atomic mass is 10.6. The van der Waals surface area contributed by atoms with E-state index >= 15 is 0 Å². The van der Waals surface area contributed by atoms with E-state index in [1.54, 1.807) is 12.1 Å². The van der Waals surface area contributed by atoms with Crippen molar-refractivity contribution in [2.75, 3.05) is 7.11 Å². The molecule has 2 rings (SSSR count). The summed E-state index contributed by atoms with van der Waals surface area (Å²) in [6, 6.07) is 6.04. The number of aromatic nitrogens is 3. The first-order chi connectivity index (χ1) is 7.64. The first-order valence-corrected chi connectivity index (χ1v) is 5.85. The summed E-state index contributed by atoms with van der Waals surface area (Å²) in [5.41, 5.74) is 0. The Balaban J connectivity index is 2.44. The molecule has 0 aliphatic rings. The molecule has 2 aromatic rings. The number of hydrogen-bond acceptors (Lipinski definition) is 5. The third kappa shape index (κ3) is 1.76. The summed E-state index contributed by atoms with van der Waals surface area (Å²) in [6.07, 6.45) is 2.86. The fourth-order valence-corrected chi connectivity index (χ4v) is 2.20. The molecule has 84 valence electrons. The van der Waals surface area contributed by atoms with Crippen molar-refractivity contribution in [3.8, 4) is 5.88 Å². The van der Waals surface area contributed by atoms with Crippen LogP contribution in [0.25, 0.3) is 0 Å². The molecule has 0 radical (unpaired) electrons. The van der Waals surface area contributed by atoms with Crippen LogP contribution >= 0.6 is 0 Å². The van der Waals surface area contributed by atoms with Crippen molar-refractivity contribution in [2.24, 2.45) is 0 Å². The number of methoxy groups -OCH3 is 1. The van der Waals surface area contributed by atoms with Crippen molar-refractivity contribution in [1.29, 1.82) is 0 Å². The number of ether oxygens (including phenoxy) is 1. The molecule has 0 N–H and O–H groups in total. The lowest BCUT2D eigenvalue weighted by Crippen LogP contribution is -2.13. The van der Waals surface area contributed by atoms with E-state index in [0.717, 1.165) is 3.97 Å². The Hall–Kier alpha value is -1.89. The smallest absolute Gasteiger partial charge is 0.286 e. The van der Waals surface area contributed by atoms with Gasteiger partial charge in [0.25, 0.3) is 10.0 Å². The Bertz CT molecular complexity index is 561. The highest BCUT2D eigenvalue weighted by Gasteiger charge is 2.17. The Labute approximate surface area is 92.6 Å². The number of rotatable bonds is 3. The normalized spacial score (nSPS) is 11.3. The summed E-state index contributed by atoms with van der Waals surface area (Å²) >= 11 is 0. The lowest BCUT2D eigenvalue weighted by Gasteiger charge is -2.04. The molecule has 16 heavy (non-hydrogen) atoms. The van der Waals surface area contributed by atoms with Crippen LogP contribution in [0.15, 0.2) is 41.7 Å². The molecular weight excluding hydrogens is 230 g/mol. The molecule has 7 heteroatoms. The molecule has 6 nitrogen and oxygen atoms in total. The van der Waals surface area contributed by atoms with E-state index in [2.05, 4.69) is 10.2 Å². The van der Waals surface area contributed by atoms with Crippen molar-refractivity contribution in [2.45, 2.75) is 5.03 Å². The summed E-state index contributed by atoms with van der Waals surface area (Å²) in [4.78, 5) is 0. The largest absolute Gasteiger partial charge is 0.480 e. The standard InChI is InChI=1S/C9H9N3O3S/c1-15-8-4-5-9(11-10-8)16(13,14)12-6-2-3-7-12/h2-7H,1H3. The van der Waals surface area contributed by atoms with E-state index in [1.165, 1.54) is 31.6 Å².